The Bertz CT molecular complexity index is 126. The van der Waals surface area contributed by atoms with Crippen molar-refractivity contribution in [2.45, 2.75) is 33.2 Å². The lowest BCUT2D eigenvalue weighted by atomic mass is 9.81. The van der Waals surface area contributed by atoms with E-state index in [9.17, 15) is 4.79 Å². The van der Waals surface area contributed by atoms with Gasteiger partial charge in [-0.3, -0.25) is 4.79 Å². The lowest BCUT2D eigenvalue weighted by molar-refractivity contribution is -0.130. The van der Waals surface area contributed by atoms with Crippen LogP contribution in [-0.4, -0.2) is 11.9 Å². The lowest BCUT2D eigenvalue weighted by Gasteiger charge is -2.37. The highest BCUT2D eigenvalue weighted by Gasteiger charge is 2.34. The van der Waals surface area contributed by atoms with E-state index < -0.39 is 0 Å². The van der Waals surface area contributed by atoms with Crippen LogP contribution in [0, 0.1) is 5.41 Å². The highest BCUT2D eigenvalue weighted by molar-refractivity contribution is 5.83. The van der Waals surface area contributed by atoms with Gasteiger partial charge >= 0.3 is 0 Å². The third kappa shape index (κ3) is 1.23. The first kappa shape index (κ1) is 6.59. The second-order valence-corrected chi connectivity index (χ2v) is 3.69. The maximum atomic E-state index is 10.4. The first-order valence-electron chi connectivity index (χ1n) is 3.29. The van der Waals surface area contributed by atoms with E-state index in [0.29, 0.717) is 12.5 Å². The monoisotopic (exact) mass is 127 g/mol. The van der Waals surface area contributed by atoms with Crippen LogP contribution in [0.5, 0.6) is 0 Å². The summed E-state index contributed by atoms with van der Waals surface area (Å²) in [4.78, 5) is 10.4. The van der Waals surface area contributed by atoms with Crippen LogP contribution < -0.4 is 5.32 Å². The smallest absolute Gasteiger partial charge is 0.222 e. The van der Waals surface area contributed by atoms with Gasteiger partial charge in [-0.1, -0.05) is 20.8 Å². The van der Waals surface area contributed by atoms with Gasteiger partial charge in [-0.2, -0.15) is 0 Å². The van der Waals surface area contributed by atoms with Gasteiger partial charge < -0.3 is 5.32 Å². The molecule has 52 valence electrons. The number of carbonyl (C=O) groups excluding carboxylic acids is 1. The minimum Gasteiger partial charge on any atom is -0.352 e. The maximum absolute atomic E-state index is 10.4. The van der Waals surface area contributed by atoms with E-state index in [0.717, 1.165) is 0 Å². The minimum atomic E-state index is 0.190. The van der Waals surface area contributed by atoms with Crippen LogP contribution in [-0.2, 0) is 4.79 Å². The second kappa shape index (κ2) is 1.72. The first-order valence-corrected chi connectivity index (χ1v) is 3.29. The van der Waals surface area contributed by atoms with E-state index in [1.165, 1.54) is 0 Å². The molecule has 0 aromatic heterocycles. The van der Waals surface area contributed by atoms with Crippen LogP contribution in [0.3, 0.4) is 0 Å². The Morgan fingerprint density at radius 2 is 2.00 bits per heavy atom. The Morgan fingerprint density at radius 1 is 1.56 bits per heavy atom. The topological polar surface area (TPSA) is 29.1 Å². The first-order chi connectivity index (χ1) is 4.00. The molecule has 0 bridgehead atoms. The van der Waals surface area contributed by atoms with Crippen molar-refractivity contribution < 1.29 is 4.79 Å². The summed E-state index contributed by atoms with van der Waals surface area (Å²) >= 11 is 0. The largest absolute Gasteiger partial charge is 0.352 e. The number of amides is 1. The van der Waals surface area contributed by atoms with Crippen molar-refractivity contribution in [1.82, 2.24) is 5.32 Å². The molecule has 1 aliphatic heterocycles. The fourth-order valence-corrected chi connectivity index (χ4v) is 0.881. The van der Waals surface area contributed by atoms with Gasteiger partial charge in [0.25, 0.3) is 0 Å². The van der Waals surface area contributed by atoms with E-state index in [1.807, 2.05) is 0 Å². The van der Waals surface area contributed by atoms with E-state index in [2.05, 4.69) is 26.1 Å². The molecule has 0 aliphatic carbocycles. The zero-order valence-corrected chi connectivity index (χ0v) is 6.19. The van der Waals surface area contributed by atoms with E-state index in [1.54, 1.807) is 0 Å². The van der Waals surface area contributed by atoms with Gasteiger partial charge in [-0.05, 0) is 5.41 Å². The van der Waals surface area contributed by atoms with Crippen molar-refractivity contribution in [3.05, 3.63) is 0 Å². The number of hydrogen-bond donors (Lipinski definition) is 1. The molecule has 9 heavy (non-hydrogen) atoms. The third-order valence-corrected chi connectivity index (χ3v) is 1.77. The predicted octanol–water partition coefficient (Wildman–Crippen LogP) is 0.921. The molecule has 1 aliphatic rings. The molecule has 1 rings (SSSR count). The number of carbonyl (C=O) groups is 1. The number of nitrogens with one attached hydrogen (secondary N) is 1. The fraction of sp³-hybridized carbons (Fsp3) is 0.857. The molecule has 1 saturated heterocycles. The molecule has 0 saturated carbocycles. The van der Waals surface area contributed by atoms with Crippen molar-refractivity contribution in [1.29, 1.82) is 0 Å². The van der Waals surface area contributed by atoms with Gasteiger partial charge in [0.15, 0.2) is 0 Å². The fourth-order valence-electron chi connectivity index (χ4n) is 0.881. The molecule has 2 nitrogen and oxygen atoms in total. The summed E-state index contributed by atoms with van der Waals surface area (Å²) < 4.78 is 0. The predicted molar refractivity (Wildman–Crippen MR) is 36.0 cm³/mol. The molecule has 1 atom stereocenters. The van der Waals surface area contributed by atoms with Gasteiger partial charge in [-0.15, -0.1) is 0 Å². The molecule has 0 unspecified atom stereocenters. The van der Waals surface area contributed by atoms with Gasteiger partial charge in [0.2, 0.25) is 5.91 Å². The molecule has 1 amide bonds. The van der Waals surface area contributed by atoms with Gasteiger partial charge in [-0.25, -0.2) is 0 Å². The molecule has 0 aromatic carbocycles. The molecular formula is C7H13NO. The summed E-state index contributed by atoms with van der Waals surface area (Å²) in [6.07, 6.45) is 0.712. The molecule has 1 fully saturated rings. The maximum Gasteiger partial charge on any atom is 0.222 e. The normalized spacial score (nSPS) is 27.0. The van der Waals surface area contributed by atoms with Gasteiger partial charge in [0.1, 0.15) is 0 Å². The third-order valence-electron chi connectivity index (χ3n) is 1.77. The van der Waals surface area contributed by atoms with Crippen LogP contribution in [0.15, 0.2) is 0 Å². The highest BCUT2D eigenvalue weighted by atomic mass is 16.2. The summed E-state index contributed by atoms with van der Waals surface area (Å²) in [7, 11) is 0. The van der Waals surface area contributed by atoms with Crippen LogP contribution in [0.1, 0.15) is 27.2 Å². The molecule has 1 heterocycles. The summed E-state index contributed by atoms with van der Waals surface area (Å²) in [6.45, 7) is 6.41. The standard InChI is InChI=1S/C7H13NO/c1-7(2,3)5-4-6(9)8-5/h5H,4H2,1-3H3,(H,8,9)/t5-/m0/s1. The Hall–Kier alpha value is -0.530. The van der Waals surface area contributed by atoms with Gasteiger partial charge in [0, 0.05) is 12.5 Å². The Labute approximate surface area is 55.6 Å². The number of hydrogen-bond acceptors (Lipinski definition) is 1. The van der Waals surface area contributed by atoms with Crippen LogP contribution in [0.2, 0.25) is 0 Å². The number of β-lactam (4-membered cyclic amide) rings is 1. The summed E-state index contributed by atoms with van der Waals surface area (Å²) in [5.74, 6) is 0.190. The van der Waals surface area contributed by atoms with Crippen LogP contribution in [0.4, 0.5) is 0 Å². The van der Waals surface area contributed by atoms with E-state index >= 15 is 0 Å². The average molecular weight is 127 g/mol. The quantitative estimate of drug-likeness (QED) is 0.482. The van der Waals surface area contributed by atoms with Crippen molar-refractivity contribution in [2.75, 3.05) is 0 Å². The van der Waals surface area contributed by atoms with Gasteiger partial charge in [0.05, 0.1) is 0 Å². The van der Waals surface area contributed by atoms with E-state index in [-0.39, 0.29) is 11.3 Å². The Morgan fingerprint density at radius 3 is 2.11 bits per heavy atom. The molecule has 0 spiro atoms. The molecular weight excluding hydrogens is 114 g/mol. The average Bonchev–Trinajstić information content (AvgIpc) is 1.55. The van der Waals surface area contributed by atoms with Crippen molar-refractivity contribution in [3.63, 3.8) is 0 Å². The van der Waals surface area contributed by atoms with Crippen LogP contribution >= 0.6 is 0 Å². The Kier molecular flexibility index (Phi) is 1.26. The van der Waals surface area contributed by atoms with Crippen molar-refractivity contribution in [3.8, 4) is 0 Å². The van der Waals surface area contributed by atoms with Crippen molar-refractivity contribution >= 4 is 5.91 Å². The van der Waals surface area contributed by atoms with E-state index in [4.69, 9.17) is 0 Å². The van der Waals surface area contributed by atoms with Crippen molar-refractivity contribution in [2.24, 2.45) is 5.41 Å². The molecule has 1 N–H and O–H groups in total. The summed E-state index contributed by atoms with van der Waals surface area (Å²) in [5, 5.41) is 2.84. The highest BCUT2D eigenvalue weighted by Crippen LogP contribution is 2.26. The lowest BCUT2D eigenvalue weighted by Crippen LogP contribution is -2.55. The number of rotatable bonds is 0. The molecule has 0 aromatic rings. The summed E-state index contributed by atoms with van der Waals surface area (Å²) in [6, 6.07) is 0.407. The molecule has 0 radical (unpaired) electrons. The summed E-state index contributed by atoms with van der Waals surface area (Å²) in [5.41, 5.74) is 0.244. The second-order valence-electron chi connectivity index (χ2n) is 3.69. The van der Waals surface area contributed by atoms with Crippen LogP contribution in [0.25, 0.3) is 0 Å². The zero-order chi connectivity index (χ0) is 7.07. The Balaban J connectivity index is 2.40. The zero-order valence-electron chi connectivity index (χ0n) is 6.19. The molecule has 2 heteroatoms. The SMILES string of the molecule is CC(C)(C)[C@@H]1CC(=O)N1. The minimum absolute atomic E-state index is 0.190.